The topological polar surface area (TPSA) is 113 Å². The summed E-state index contributed by atoms with van der Waals surface area (Å²) < 4.78 is 0. The van der Waals surface area contributed by atoms with E-state index >= 15 is 0 Å². The number of carboxylic acids is 1. The van der Waals surface area contributed by atoms with Crippen molar-refractivity contribution >= 4 is 11.9 Å². The van der Waals surface area contributed by atoms with Crippen LogP contribution in [0, 0.1) is 5.92 Å². The number of hydrogen-bond donors (Lipinski definition) is 4. The molecule has 1 rings (SSSR count). The lowest BCUT2D eigenvalue weighted by atomic mass is 9.87. The second kappa shape index (κ2) is 6.56. The fourth-order valence-corrected chi connectivity index (χ4v) is 2.01. The number of aliphatic hydroxyl groups excluding tert-OH is 1. The number of aliphatic hydroxyl groups is 1. The van der Waals surface area contributed by atoms with Gasteiger partial charge in [0.15, 0.2) is 0 Å². The van der Waals surface area contributed by atoms with E-state index in [2.05, 4.69) is 5.32 Å². The van der Waals surface area contributed by atoms with E-state index in [0.29, 0.717) is 12.5 Å². The lowest BCUT2D eigenvalue weighted by molar-refractivity contribution is -0.139. The quantitative estimate of drug-likeness (QED) is 0.518. The highest BCUT2D eigenvalue weighted by molar-refractivity contribution is 5.85. The van der Waals surface area contributed by atoms with Gasteiger partial charge >= 0.3 is 5.97 Å². The van der Waals surface area contributed by atoms with Crippen molar-refractivity contribution in [3.8, 4) is 0 Å². The highest BCUT2D eigenvalue weighted by Crippen LogP contribution is 2.23. The first-order valence-electron chi connectivity index (χ1n) is 5.92. The Bertz CT molecular complexity index is 275. The minimum atomic E-state index is -1.08. The number of nitrogens with two attached hydrogens (primary N) is 1. The van der Waals surface area contributed by atoms with E-state index in [1.54, 1.807) is 0 Å². The minimum Gasteiger partial charge on any atom is -0.481 e. The minimum absolute atomic E-state index is 0.212. The van der Waals surface area contributed by atoms with E-state index in [4.69, 9.17) is 10.8 Å². The van der Waals surface area contributed by atoms with Gasteiger partial charge in [0.25, 0.3) is 0 Å². The van der Waals surface area contributed by atoms with Crippen molar-refractivity contribution in [2.24, 2.45) is 11.7 Å². The highest BCUT2D eigenvalue weighted by atomic mass is 16.4. The van der Waals surface area contributed by atoms with Crippen molar-refractivity contribution in [3.63, 3.8) is 0 Å². The van der Waals surface area contributed by atoms with Crippen molar-refractivity contribution in [2.75, 3.05) is 6.54 Å². The molecule has 1 saturated carbocycles. The lowest BCUT2D eigenvalue weighted by Crippen LogP contribution is -2.44. The van der Waals surface area contributed by atoms with Gasteiger partial charge in [0.2, 0.25) is 5.91 Å². The molecule has 0 aromatic rings. The second-order valence-corrected chi connectivity index (χ2v) is 4.62. The van der Waals surface area contributed by atoms with Crippen LogP contribution in [0.15, 0.2) is 0 Å². The number of amides is 1. The summed E-state index contributed by atoms with van der Waals surface area (Å²) >= 11 is 0. The number of aliphatic carboxylic acids is 1. The van der Waals surface area contributed by atoms with Gasteiger partial charge in [-0.2, -0.15) is 0 Å². The molecule has 0 aromatic heterocycles. The third kappa shape index (κ3) is 5.14. The largest absolute Gasteiger partial charge is 0.481 e. The molecule has 0 aliphatic heterocycles. The first-order chi connectivity index (χ1) is 7.99. The molecule has 0 heterocycles. The van der Waals surface area contributed by atoms with Crippen LogP contribution in [0.1, 0.15) is 32.1 Å². The van der Waals surface area contributed by atoms with E-state index in [0.717, 1.165) is 25.7 Å². The number of carbonyl (C=O) groups is 2. The maximum atomic E-state index is 11.4. The summed E-state index contributed by atoms with van der Waals surface area (Å²) in [4.78, 5) is 21.8. The van der Waals surface area contributed by atoms with Crippen molar-refractivity contribution in [3.05, 3.63) is 0 Å². The monoisotopic (exact) mass is 244 g/mol. The van der Waals surface area contributed by atoms with Gasteiger partial charge in [-0.25, -0.2) is 0 Å². The molecule has 6 nitrogen and oxygen atoms in total. The van der Waals surface area contributed by atoms with Crippen LogP contribution in [0.5, 0.6) is 0 Å². The van der Waals surface area contributed by atoms with Crippen molar-refractivity contribution in [2.45, 2.75) is 44.2 Å². The zero-order valence-electron chi connectivity index (χ0n) is 9.76. The molecule has 6 heteroatoms. The molecule has 5 N–H and O–H groups in total. The molecule has 0 radical (unpaired) electrons. The van der Waals surface area contributed by atoms with Gasteiger partial charge in [-0.3, -0.25) is 9.59 Å². The Morgan fingerprint density at radius 1 is 1.29 bits per heavy atom. The van der Waals surface area contributed by atoms with Crippen LogP contribution >= 0.6 is 0 Å². The van der Waals surface area contributed by atoms with Crippen LogP contribution in [-0.4, -0.2) is 40.8 Å². The molecule has 1 aliphatic rings. The Kier molecular flexibility index (Phi) is 5.37. The lowest BCUT2D eigenvalue weighted by Gasteiger charge is -2.25. The van der Waals surface area contributed by atoms with Gasteiger partial charge in [-0.1, -0.05) is 0 Å². The molecule has 0 saturated heterocycles. The zero-order chi connectivity index (χ0) is 12.8. The third-order valence-corrected chi connectivity index (χ3v) is 3.11. The van der Waals surface area contributed by atoms with Gasteiger partial charge < -0.3 is 21.3 Å². The molecule has 0 aromatic carbocycles. The van der Waals surface area contributed by atoms with Gasteiger partial charge in [-0.15, -0.1) is 0 Å². The zero-order valence-corrected chi connectivity index (χ0v) is 9.76. The summed E-state index contributed by atoms with van der Waals surface area (Å²) in [6.45, 7) is 0.513. The Morgan fingerprint density at radius 2 is 1.88 bits per heavy atom. The van der Waals surface area contributed by atoms with E-state index in [9.17, 15) is 14.7 Å². The van der Waals surface area contributed by atoms with Crippen LogP contribution in [0.25, 0.3) is 0 Å². The molecular weight excluding hydrogens is 224 g/mol. The first kappa shape index (κ1) is 13.9. The molecule has 1 aliphatic carbocycles. The van der Waals surface area contributed by atoms with Gasteiger partial charge in [0, 0.05) is 6.54 Å². The molecule has 1 unspecified atom stereocenters. The summed E-state index contributed by atoms with van der Waals surface area (Å²) in [5.41, 5.74) is 5.42. The van der Waals surface area contributed by atoms with Crippen molar-refractivity contribution in [1.29, 1.82) is 0 Å². The predicted molar refractivity (Wildman–Crippen MR) is 61.2 cm³/mol. The van der Waals surface area contributed by atoms with Gasteiger partial charge in [0.1, 0.15) is 0 Å². The van der Waals surface area contributed by atoms with E-state index in [1.165, 1.54) is 0 Å². The molecule has 0 spiro atoms. The molecule has 17 heavy (non-hydrogen) atoms. The normalized spacial score (nSPS) is 26.2. The molecule has 1 fully saturated rings. The summed E-state index contributed by atoms with van der Waals surface area (Å²) in [6, 6.07) is -0.985. The summed E-state index contributed by atoms with van der Waals surface area (Å²) in [6.07, 6.45) is 2.74. The van der Waals surface area contributed by atoms with Gasteiger partial charge in [0.05, 0.1) is 18.6 Å². The molecule has 98 valence electrons. The van der Waals surface area contributed by atoms with Crippen molar-refractivity contribution in [1.82, 2.24) is 5.32 Å². The molecule has 1 amide bonds. The Hall–Kier alpha value is -1.14. The molecular formula is C11H20N2O4. The number of hydrogen-bond acceptors (Lipinski definition) is 4. The summed E-state index contributed by atoms with van der Waals surface area (Å²) in [7, 11) is 0. The Labute approximate surface area is 100 Å². The average Bonchev–Trinajstić information content (AvgIpc) is 2.27. The first-order valence-corrected chi connectivity index (χ1v) is 5.92. The van der Waals surface area contributed by atoms with Crippen LogP contribution in [0.2, 0.25) is 0 Å². The second-order valence-electron chi connectivity index (χ2n) is 4.62. The smallest absolute Gasteiger partial charge is 0.305 e. The van der Waals surface area contributed by atoms with Crippen LogP contribution in [0.3, 0.4) is 0 Å². The molecule has 1 atom stereocenters. The van der Waals surface area contributed by atoms with E-state index in [1.807, 2.05) is 0 Å². The van der Waals surface area contributed by atoms with E-state index < -0.39 is 17.9 Å². The van der Waals surface area contributed by atoms with Gasteiger partial charge in [-0.05, 0) is 31.6 Å². The highest BCUT2D eigenvalue weighted by Gasteiger charge is 2.21. The Morgan fingerprint density at radius 3 is 2.41 bits per heavy atom. The fraction of sp³-hybridized carbons (Fsp3) is 0.818. The standard InChI is InChI=1S/C11H20N2O4/c12-9(5-10(15)16)11(17)13-6-7-1-3-8(14)4-2-7/h7-9,14H,1-6,12H2,(H,13,17)(H,15,16). The number of carboxylic acid groups (broad SMARTS) is 1. The number of nitrogens with one attached hydrogen (secondary N) is 1. The maximum absolute atomic E-state index is 11.4. The SMILES string of the molecule is NC(CC(=O)O)C(=O)NCC1CCC(O)CC1. The predicted octanol–water partition coefficient (Wildman–Crippen LogP) is -0.544. The number of rotatable bonds is 5. The average molecular weight is 244 g/mol. The number of carbonyl (C=O) groups excluding carboxylic acids is 1. The summed E-state index contributed by atoms with van der Waals surface area (Å²) in [5.74, 6) is -1.13. The van der Waals surface area contributed by atoms with Crippen LogP contribution in [-0.2, 0) is 9.59 Å². The Balaban J connectivity index is 2.21. The van der Waals surface area contributed by atoms with Crippen LogP contribution < -0.4 is 11.1 Å². The molecule has 0 bridgehead atoms. The van der Waals surface area contributed by atoms with Crippen LogP contribution in [0.4, 0.5) is 0 Å². The summed E-state index contributed by atoms with van der Waals surface area (Å²) in [5, 5.41) is 20.5. The van der Waals surface area contributed by atoms with E-state index in [-0.39, 0.29) is 12.5 Å². The third-order valence-electron chi connectivity index (χ3n) is 3.11. The fourth-order valence-electron chi connectivity index (χ4n) is 2.01. The maximum Gasteiger partial charge on any atom is 0.305 e. The van der Waals surface area contributed by atoms with Crippen molar-refractivity contribution < 1.29 is 19.8 Å².